The Labute approximate surface area is 81.8 Å². The van der Waals surface area contributed by atoms with Gasteiger partial charge in [-0.25, -0.2) is 5.43 Å². The smallest absolute Gasteiger partial charge is 0.254 e. The molecule has 1 aliphatic carbocycles. The molecule has 2 rings (SSSR count). The molecule has 0 radical (unpaired) electrons. The molecule has 0 spiro atoms. The van der Waals surface area contributed by atoms with Gasteiger partial charge in [-0.1, -0.05) is 12.2 Å². The van der Waals surface area contributed by atoms with Gasteiger partial charge < -0.3 is 5.43 Å². The van der Waals surface area contributed by atoms with Gasteiger partial charge in [-0.2, -0.15) is 0 Å². The van der Waals surface area contributed by atoms with Crippen molar-refractivity contribution in [2.24, 2.45) is 5.92 Å². The van der Waals surface area contributed by atoms with Crippen molar-refractivity contribution in [1.82, 2.24) is 10.9 Å². The molecule has 0 amide bonds. The summed E-state index contributed by atoms with van der Waals surface area (Å²) in [4.78, 5) is 11.1. The van der Waals surface area contributed by atoms with Crippen molar-refractivity contribution in [2.45, 2.75) is 12.8 Å². The summed E-state index contributed by atoms with van der Waals surface area (Å²) in [5, 5.41) is -0.380. The molecule has 1 saturated heterocycles. The molecule has 1 unspecified atom stereocenters. The SMILES string of the molecule is O=C(Cl)C1=C2NNCC2CCC=C1. The number of fused-ring (bicyclic) bond motifs is 1. The summed E-state index contributed by atoms with van der Waals surface area (Å²) in [5.41, 5.74) is 7.59. The van der Waals surface area contributed by atoms with Crippen LogP contribution in [0.25, 0.3) is 0 Å². The van der Waals surface area contributed by atoms with Crippen LogP contribution >= 0.6 is 11.6 Å². The van der Waals surface area contributed by atoms with Crippen LogP contribution < -0.4 is 10.9 Å². The molecular formula is C9H11ClN2O. The standard InChI is InChI=1S/C9H11ClN2O/c10-9(13)7-4-2-1-3-6-5-11-12-8(6)7/h2,4,6,11-12H,1,3,5H2. The fourth-order valence-corrected chi connectivity index (χ4v) is 1.93. The molecule has 0 aromatic heterocycles. The number of hydrogen-bond acceptors (Lipinski definition) is 3. The molecule has 1 fully saturated rings. The van der Waals surface area contributed by atoms with Crippen molar-refractivity contribution in [3.63, 3.8) is 0 Å². The predicted molar refractivity (Wildman–Crippen MR) is 50.9 cm³/mol. The third kappa shape index (κ3) is 1.62. The molecule has 0 saturated carbocycles. The lowest BCUT2D eigenvalue weighted by molar-refractivity contribution is -0.108. The molecule has 70 valence electrons. The van der Waals surface area contributed by atoms with Crippen LogP contribution in [0.15, 0.2) is 23.4 Å². The van der Waals surface area contributed by atoms with Crippen molar-refractivity contribution in [3.8, 4) is 0 Å². The van der Waals surface area contributed by atoms with Crippen LogP contribution in [-0.4, -0.2) is 11.8 Å². The quantitative estimate of drug-likeness (QED) is 0.620. The van der Waals surface area contributed by atoms with E-state index >= 15 is 0 Å². The van der Waals surface area contributed by atoms with E-state index in [1.807, 2.05) is 12.2 Å². The largest absolute Gasteiger partial charge is 0.324 e. The van der Waals surface area contributed by atoms with Crippen LogP contribution in [0.2, 0.25) is 0 Å². The van der Waals surface area contributed by atoms with E-state index < -0.39 is 0 Å². The number of carbonyl (C=O) groups is 1. The molecule has 13 heavy (non-hydrogen) atoms. The first-order chi connectivity index (χ1) is 6.29. The van der Waals surface area contributed by atoms with Crippen LogP contribution in [0, 0.1) is 5.92 Å². The Hall–Kier alpha value is -0.800. The third-order valence-electron chi connectivity index (χ3n) is 2.45. The van der Waals surface area contributed by atoms with Crippen molar-refractivity contribution in [3.05, 3.63) is 23.4 Å². The molecule has 3 nitrogen and oxygen atoms in total. The Balaban J connectivity index is 2.38. The molecular weight excluding hydrogens is 188 g/mol. The Kier molecular flexibility index (Phi) is 2.38. The zero-order valence-electron chi connectivity index (χ0n) is 7.14. The van der Waals surface area contributed by atoms with Crippen LogP contribution in [-0.2, 0) is 4.79 Å². The summed E-state index contributed by atoms with van der Waals surface area (Å²) in [6, 6.07) is 0. The fourth-order valence-electron chi connectivity index (χ4n) is 1.77. The van der Waals surface area contributed by atoms with Gasteiger partial charge in [-0.05, 0) is 24.4 Å². The van der Waals surface area contributed by atoms with Gasteiger partial charge in [-0.3, -0.25) is 4.79 Å². The maximum absolute atomic E-state index is 11.1. The van der Waals surface area contributed by atoms with E-state index in [2.05, 4.69) is 10.9 Å². The molecule has 0 aromatic carbocycles. The van der Waals surface area contributed by atoms with Gasteiger partial charge in [0.1, 0.15) is 0 Å². The van der Waals surface area contributed by atoms with Crippen LogP contribution in [0.5, 0.6) is 0 Å². The molecule has 4 heteroatoms. The van der Waals surface area contributed by atoms with Gasteiger partial charge in [-0.15, -0.1) is 0 Å². The first-order valence-corrected chi connectivity index (χ1v) is 4.76. The number of hydrazine groups is 1. The summed E-state index contributed by atoms with van der Waals surface area (Å²) < 4.78 is 0. The summed E-state index contributed by atoms with van der Waals surface area (Å²) in [6.07, 6.45) is 5.89. The number of halogens is 1. The van der Waals surface area contributed by atoms with Crippen molar-refractivity contribution in [2.75, 3.05) is 6.54 Å². The second-order valence-electron chi connectivity index (χ2n) is 3.28. The van der Waals surface area contributed by atoms with E-state index in [1.165, 1.54) is 0 Å². The second kappa shape index (κ2) is 3.52. The van der Waals surface area contributed by atoms with E-state index in [4.69, 9.17) is 11.6 Å². The highest BCUT2D eigenvalue weighted by Gasteiger charge is 2.25. The van der Waals surface area contributed by atoms with Gasteiger partial charge in [0.25, 0.3) is 5.24 Å². The number of carbonyl (C=O) groups excluding carboxylic acids is 1. The van der Waals surface area contributed by atoms with E-state index in [1.54, 1.807) is 0 Å². The fraction of sp³-hybridized carbons (Fsp3) is 0.444. The third-order valence-corrected chi connectivity index (χ3v) is 2.65. The highest BCUT2D eigenvalue weighted by atomic mass is 35.5. The Morgan fingerprint density at radius 1 is 1.62 bits per heavy atom. The highest BCUT2D eigenvalue weighted by molar-refractivity contribution is 6.68. The number of allylic oxidation sites excluding steroid dienone is 3. The molecule has 1 heterocycles. The minimum absolute atomic E-state index is 0.380. The molecule has 0 bridgehead atoms. The minimum Gasteiger partial charge on any atom is -0.324 e. The zero-order chi connectivity index (χ0) is 9.26. The number of rotatable bonds is 1. The Morgan fingerprint density at radius 2 is 2.46 bits per heavy atom. The average Bonchev–Trinajstić information content (AvgIpc) is 2.44. The first kappa shape index (κ1) is 8.78. The van der Waals surface area contributed by atoms with E-state index in [9.17, 15) is 4.79 Å². The van der Waals surface area contributed by atoms with Crippen LogP contribution in [0.4, 0.5) is 0 Å². The monoisotopic (exact) mass is 198 g/mol. The molecule has 2 N–H and O–H groups in total. The molecule has 2 aliphatic rings. The highest BCUT2D eigenvalue weighted by Crippen LogP contribution is 2.26. The lowest BCUT2D eigenvalue weighted by Crippen LogP contribution is -2.22. The second-order valence-corrected chi connectivity index (χ2v) is 3.63. The molecule has 1 aliphatic heterocycles. The van der Waals surface area contributed by atoms with Gasteiger partial charge >= 0.3 is 0 Å². The topological polar surface area (TPSA) is 41.1 Å². The van der Waals surface area contributed by atoms with Crippen LogP contribution in [0.3, 0.4) is 0 Å². The number of hydrogen-bond donors (Lipinski definition) is 2. The van der Waals surface area contributed by atoms with Crippen molar-refractivity contribution < 1.29 is 4.79 Å². The van der Waals surface area contributed by atoms with Crippen molar-refractivity contribution >= 4 is 16.8 Å². The summed E-state index contributed by atoms with van der Waals surface area (Å²) in [7, 11) is 0. The summed E-state index contributed by atoms with van der Waals surface area (Å²) in [5.74, 6) is 0.410. The maximum atomic E-state index is 11.1. The van der Waals surface area contributed by atoms with Gasteiger partial charge in [0.05, 0.1) is 5.57 Å². The van der Waals surface area contributed by atoms with Gasteiger partial charge in [0, 0.05) is 18.2 Å². The van der Waals surface area contributed by atoms with E-state index in [0.29, 0.717) is 11.5 Å². The molecule has 1 atom stereocenters. The first-order valence-electron chi connectivity index (χ1n) is 4.38. The minimum atomic E-state index is -0.380. The van der Waals surface area contributed by atoms with Gasteiger partial charge in [0.15, 0.2) is 0 Å². The van der Waals surface area contributed by atoms with E-state index in [0.717, 1.165) is 25.1 Å². The van der Waals surface area contributed by atoms with Gasteiger partial charge in [0.2, 0.25) is 0 Å². The Morgan fingerprint density at radius 3 is 3.23 bits per heavy atom. The molecule has 0 aromatic rings. The predicted octanol–water partition coefficient (Wildman–Crippen LogP) is 1.08. The lowest BCUT2D eigenvalue weighted by atomic mass is 10.0. The normalized spacial score (nSPS) is 26.7. The van der Waals surface area contributed by atoms with E-state index in [-0.39, 0.29) is 5.24 Å². The summed E-state index contributed by atoms with van der Waals surface area (Å²) >= 11 is 5.48. The zero-order valence-corrected chi connectivity index (χ0v) is 7.90. The van der Waals surface area contributed by atoms with Crippen molar-refractivity contribution in [1.29, 1.82) is 0 Å². The maximum Gasteiger partial charge on any atom is 0.254 e. The summed E-state index contributed by atoms with van der Waals surface area (Å²) in [6.45, 7) is 0.880. The van der Waals surface area contributed by atoms with Crippen LogP contribution in [0.1, 0.15) is 12.8 Å². The Bertz CT molecular complexity index is 296. The average molecular weight is 199 g/mol. The lowest BCUT2D eigenvalue weighted by Gasteiger charge is -2.08. The number of nitrogens with one attached hydrogen (secondary N) is 2.